The molecular formula is C16H17N3O2. The highest BCUT2D eigenvalue weighted by Crippen LogP contribution is 2.26. The predicted molar refractivity (Wildman–Crippen MR) is 81.4 cm³/mol. The van der Waals surface area contributed by atoms with Gasteiger partial charge in [-0.25, -0.2) is 4.98 Å². The molecule has 0 aliphatic carbocycles. The largest absolute Gasteiger partial charge is 0.496 e. The summed E-state index contributed by atoms with van der Waals surface area (Å²) in [6, 6.07) is 9.81. The Hall–Kier alpha value is -2.56. The molecular weight excluding hydrogens is 266 g/mol. The number of hydrogen-bond acceptors (Lipinski definition) is 4. The van der Waals surface area contributed by atoms with Crippen molar-refractivity contribution < 1.29 is 9.47 Å². The van der Waals surface area contributed by atoms with E-state index in [9.17, 15) is 0 Å². The zero-order valence-electron chi connectivity index (χ0n) is 12.5. The molecule has 0 aliphatic rings. The monoisotopic (exact) mass is 283 g/mol. The molecule has 3 aromatic rings. The molecule has 0 atom stereocenters. The zero-order valence-corrected chi connectivity index (χ0v) is 12.5. The molecule has 0 radical (unpaired) electrons. The number of methoxy groups -OCH3 is 2. The molecule has 0 fully saturated rings. The van der Waals surface area contributed by atoms with E-state index in [1.807, 2.05) is 17.6 Å². The number of benzene rings is 1. The van der Waals surface area contributed by atoms with Gasteiger partial charge in [0.15, 0.2) is 0 Å². The van der Waals surface area contributed by atoms with E-state index in [0.717, 1.165) is 22.7 Å². The van der Waals surface area contributed by atoms with Gasteiger partial charge in [-0.1, -0.05) is 6.07 Å². The van der Waals surface area contributed by atoms with Crippen LogP contribution in [0.4, 0.5) is 0 Å². The second-order valence-electron chi connectivity index (χ2n) is 4.89. The van der Waals surface area contributed by atoms with Crippen LogP contribution in [-0.4, -0.2) is 28.8 Å². The summed E-state index contributed by atoms with van der Waals surface area (Å²) in [5, 5.41) is 0. The van der Waals surface area contributed by atoms with Gasteiger partial charge in [0.1, 0.15) is 17.4 Å². The fourth-order valence-electron chi connectivity index (χ4n) is 2.40. The minimum atomic E-state index is 0.512. The van der Waals surface area contributed by atoms with Gasteiger partial charge in [-0.2, -0.15) is 4.98 Å². The Morgan fingerprint density at radius 3 is 2.48 bits per heavy atom. The topological polar surface area (TPSA) is 49.2 Å². The van der Waals surface area contributed by atoms with Gasteiger partial charge in [-0.05, 0) is 31.5 Å². The lowest BCUT2D eigenvalue weighted by molar-refractivity contribution is 0.381. The van der Waals surface area contributed by atoms with Gasteiger partial charge in [0, 0.05) is 12.1 Å². The molecule has 0 spiro atoms. The van der Waals surface area contributed by atoms with E-state index >= 15 is 0 Å². The number of imidazole rings is 1. The molecule has 0 saturated heterocycles. The van der Waals surface area contributed by atoms with Crippen molar-refractivity contribution in [2.75, 3.05) is 14.2 Å². The van der Waals surface area contributed by atoms with Gasteiger partial charge in [0.25, 0.3) is 0 Å². The van der Waals surface area contributed by atoms with E-state index < -0.39 is 0 Å². The Morgan fingerprint density at radius 1 is 0.952 bits per heavy atom. The Kier molecular flexibility index (Phi) is 3.25. The maximum Gasteiger partial charge on any atom is 0.218 e. The molecule has 0 saturated carbocycles. The molecule has 21 heavy (non-hydrogen) atoms. The lowest BCUT2D eigenvalue weighted by Crippen LogP contribution is -2.02. The first-order chi connectivity index (χ1) is 10.1. The number of pyridine rings is 1. The minimum Gasteiger partial charge on any atom is -0.496 e. The summed E-state index contributed by atoms with van der Waals surface area (Å²) < 4.78 is 12.6. The standard InChI is InChI=1S/C16H17N3O2/c1-10-5-6-14-13(7-10)17-11(2)19(14)15-8-12(20-3)9-16(18-15)21-4/h5-9H,1-4H3. The molecule has 0 amide bonds. The van der Waals surface area contributed by atoms with Gasteiger partial charge in [-0.3, -0.25) is 4.57 Å². The Balaban J connectivity index is 2.27. The fourth-order valence-corrected chi connectivity index (χ4v) is 2.40. The average molecular weight is 283 g/mol. The van der Waals surface area contributed by atoms with Gasteiger partial charge >= 0.3 is 0 Å². The summed E-state index contributed by atoms with van der Waals surface area (Å²) in [5.41, 5.74) is 3.15. The summed E-state index contributed by atoms with van der Waals surface area (Å²) in [6.45, 7) is 4.02. The predicted octanol–water partition coefficient (Wildman–Crippen LogP) is 3.05. The van der Waals surface area contributed by atoms with Crippen molar-refractivity contribution in [3.05, 3.63) is 41.7 Å². The molecule has 1 aromatic carbocycles. The highest BCUT2D eigenvalue weighted by atomic mass is 16.5. The van der Waals surface area contributed by atoms with Crippen molar-refractivity contribution in [1.29, 1.82) is 0 Å². The second kappa shape index (κ2) is 5.09. The van der Waals surface area contributed by atoms with Crippen LogP contribution in [0.2, 0.25) is 0 Å². The molecule has 5 heteroatoms. The van der Waals surface area contributed by atoms with Crippen molar-refractivity contribution >= 4 is 11.0 Å². The number of fused-ring (bicyclic) bond motifs is 1. The number of rotatable bonds is 3. The SMILES string of the molecule is COc1cc(OC)nc(-n2c(C)nc3cc(C)ccc32)c1. The normalized spacial score (nSPS) is 10.9. The highest BCUT2D eigenvalue weighted by molar-refractivity contribution is 5.78. The van der Waals surface area contributed by atoms with E-state index in [2.05, 4.69) is 35.1 Å². The van der Waals surface area contributed by atoms with Crippen LogP contribution in [0.15, 0.2) is 30.3 Å². The van der Waals surface area contributed by atoms with Crippen molar-refractivity contribution in [3.8, 4) is 17.4 Å². The van der Waals surface area contributed by atoms with Gasteiger partial charge < -0.3 is 9.47 Å². The van der Waals surface area contributed by atoms with Crippen molar-refractivity contribution in [2.45, 2.75) is 13.8 Å². The average Bonchev–Trinajstić information content (AvgIpc) is 2.81. The van der Waals surface area contributed by atoms with Crippen LogP contribution in [0, 0.1) is 13.8 Å². The molecule has 0 unspecified atom stereocenters. The van der Waals surface area contributed by atoms with E-state index in [1.54, 1.807) is 20.3 Å². The second-order valence-corrected chi connectivity index (χ2v) is 4.89. The molecule has 0 aliphatic heterocycles. The van der Waals surface area contributed by atoms with E-state index in [-0.39, 0.29) is 0 Å². The summed E-state index contributed by atoms with van der Waals surface area (Å²) in [4.78, 5) is 9.10. The maximum atomic E-state index is 5.31. The quantitative estimate of drug-likeness (QED) is 0.741. The molecule has 0 bridgehead atoms. The Bertz CT molecular complexity index is 786. The van der Waals surface area contributed by atoms with Crippen LogP contribution in [0.25, 0.3) is 16.9 Å². The van der Waals surface area contributed by atoms with Crippen molar-refractivity contribution in [2.24, 2.45) is 0 Å². The molecule has 0 N–H and O–H groups in total. The first kappa shape index (κ1) is 13.4. The highest BCUT2D eigenvalue weighted by Gasteiger charge is 2.12. The van der Waals surface area contributed by atoms with Crippen LogP contribution in [0.1, 0.15) is 11.4 Å². The first-order valence-electron chi connectivity index (χ1n) is 6.68. The third kappa shape index (κ3) is 2.31. The maximum absolute atomic E-state index is 5.31. The van der Waals surface area contributed by atoms with Crippen LogP contribution in [0.3, 0.4) is 0 Å². The molecule has 3 rings (SSSR count). The third-order valence-electron chi connectivity index (χ3n) is 3.41. The van der Waals surface area contributed by atoms with Crippen molar-refractivity contribution in [3.63, 3.8) is 0 Å². The minimum absolute atomic E-state index is 0.512. The number of ether oxygens (including phenoxy) is 2. The molecule has 2 aromatic heterocycles. The number of aryl methyl sites for hydroxylation is 2. The van der Waals surface area contributed by atoms with E-state index in [0.29, 0.717) is 11.6 Å². The summed E-state index contributed by atoms with van der Waals surface area (Å²) in [7, 11) is 3.22. The van der Waals surface area contributed by atoms with Crippen LogP contribution in [0.5, 0.6) is 11.6 Å². The molecule has 108 valence electrons. The summed E-state index contributed by atoms with van der Waals surface area (Å²) in [5.74, 6) is 2.82. The van der Waals surface area contributed by atoms with Crippen molar-refractivity contribution in [1.82, 2.24) is 14.5 Å². The Morgan fingerprint density at radius 2 is 1.76 bits per heavy atom. The number of aromatic nitrogens is 3. The van der Waals surface area contributed by atoms with Crippen LogP contribution < -0.4 is 9.47 Å². The Labute approximate surface area is 123 Å². The third-order valence-corrected chi connectivity index (χ3v) is 3.41. The van der Waals surface area contributed by atoms with Gasteiger partial charge in [0.05, 0.1) is 25.3 Å². The smallest absolute Gasteiger partial charge is 0.218 e. The number of nitrogens with zero attached hydrogens (tertiary/aromatic N) is 3. The number of hydrogen-bond donors (Lipinski definition) is 0. The van der Waals surface area contributed by atoms with E-state index in [1.165, 1.54) is 5.56 Å². The van der Waals surface area contributed by atoms with Crippen LogP contribution in [-0.2, 0) is 0 Å². The van der Waals surface area contributed by atoms with Crippen LogP contribution >= 0.6 is 0 Å². The lowest BCUT2D eigenvalue weighted by atomic mass is 10.2. The van der Waals surface area contributed by atoms with Gasteiger partial charge in [-0.15, -0.1) is 0 Å². The van der Waals surface area contributed by atoms with E-state index in [4.69, 9.17) is 9.47 Å². The first-order valence-corrected chi connectivity index (χ1v) is 6.68. The fraction of sp³-hybridized carbons (Fsp3) is 0.250. The lowest BCUT2D eigenvalue weighted by Gasteiger charge is -2.10. The van der Waals surface area contributed by atoms with Gasteiger partial charge in [0.2, 0.25) is 5.88 Å². The summed E-state index contributed by atoms with van der Waals surface area (Å²) in [6.07, 6.45) is 0. The zero-order chi connectivity index (χ0) is 15.0. The molecule has 5 nitrogen and oxygen atoms in total. The molecule has 2 heterocycles. The summed E-state index contributed by atoms with van der Waals surface area (Å²) >= 11 is 0.